The minimum Gasteiger partial charge on any atom is -0.309 e. The largest absolute Gasteiger partial charge is 0.309 e. The highest BCUT2D eigenvalue weighted by molar-refractivity contribution is 6.32. The Morgan fingerprint density at radius 3 is 2.41 bits per heavy atom. The van der Waals surface area contributed by atoms with E-state index in [1.54, 1.807) is 11.1 Å². The number of nitrogens with zero attached hydrogens (tertiary/aromatic N) is 1. The molecule has 4 aromatic carbocycles. The lowest BCUT2D eigenvalue weighted by Crippen LogP contribution is -2.49. The summed E-state index contributed by atoms with van der Waals surface area (Å²) in [7, 11) is 0. The first-order chi connectivity index (χ1) is 18.1. The standard InChI is InChI=1S/C35H32ClN/c1-21-15-23-17-22(2)35(24(16-21)18-23)31-9-5-3-7-27(31)28-13-12-26(20-32(28)35)37-33-10-6-4-8-29(33)30-19-25(36)11-14-34(30)37/h3-14,19-24H,15-18H2,1-2H3. The molecule has 37 heavy (non-hydrogen) atoms. The van der Waals surface area contributed by atoms with Crippen molar-refractivity contribution in [3.8, 4) is 16.8 Å². The maximum absolute atomic E-state index is 6.47. The van der Waals surface area contributed by atoms with Crippen molar-refractivity contribution in [2.75, 3.05) is 0 Å². The Bertz CT molecular complexity index is 1710. The van der Waals surface area contributed by atoms with Gasteiger partial charge >= 0.3 is 0 Å². The molecule has 3 aliphatic rings. The number of hydrogen-bond donors (Lipinski definition) is 0. The molecule has 8 rings (SSSR count). The third-order valence-corrected chi connectivity index (χ3v) is 10.4. The summed E-state index contributed by atoms with van der Waals surface area (Å²) in [6, 6.07) is 31.7. The number of aromatic nitrogens is 1. The van der Waals surface area contributed by atoms with E-state index in [0.29, 0.717) is 11.8 Å². The van der Waals surface area contributed by atoms with E-state index in [4.69, 9.17) is 11.6 Å². The molecule has 0 amide bonds. The molecular weight excluding hydrogens is 470 g/mol. The molecule has 0 aliphatic heterocycles. The lowest BCUT2D eigenvalue weighted by molar-refractivity contribution is 0.0426. The second-order valence-corrected chi connectivity index (χ2v) is 12.6. The van der Waals surface area contributed by atoms with Gasteiger partial charge in [-0.05, 0) is 108 Å². The van der Waals surface area contributed by atoms with Crippen molar-refractivity contribution in [1.29, 1.82) is 0 Å². The van der Waals surface area contributed by atoms with Gasteiger partial charge in [-0.25, -0.2) is 0 Å². The minimum atomic E-state index is 0.106. The Labute approximate surface area is 224 Å². The Morgan fingerprint density at radius 2 is 1.49 bits per heavy atom. The summed E-state index contributed by atoms with van der Waals surface area (Å²) in [5.41, 5.74) is 9.89. The molecule has 2 fully saturated rings. The van der Waals surface area contributed by atoms with E-state index in [1.165, 1.54) is 64.3 Å². The summed E-state index contributed by atoms with van der Waals surface area (Å²) >= 11 is 6.47. The van der Waals surface area contributed by atoms with Crippen LogP contribution in [-0.4, -0.2) is 4.57 Å². The lowest BCUT2D eigenvalue weighted by Gasteiger charge is -2.54. The molecule has 2 bridgehead atoms. The SMILES string of the molecule is CC1CC2CC(C)C3(c4ccccc4-c4ccc(-n5c6ccccc6c6cc(Cl)ccc65)cc43)C(C1)C2. The second kappa shape index (κ2) is 7.74. The molecule has 2 heteroatoms. The Morgan fingerprint density at radius 1 is 0.703 bits per heavy atom. The normalized spacial score (nSPS) is 28.1. The minimum absolute atomic E-state index is 0.106. The fraction of sp³-hybridized carbons (Fsp3) is 0.314. The smallest absolute Gasteiger partial charge is 0.0542 e. The summed E-state index contributed by atoms with van der Waals surface area (Å²) in [5.74, 6) is 3.04. The van der Waals surface area contributed by atoms with Crippen LogP contribution in [0.1, 0.15) is 50.7 Å². The molecule has 184 valence electrons. The summed E-state index contributed by atoms with van der Waals surface area (Å²) < 4.78 is 2.46. The van der Waals surface area contributed by atoms with Crippen LogP contribution < -0.4 is 0 Å². The Balaban J connectivity index is 1.42. The van der Waals surface area contributed by atoms with Crippen molar-refractivity contribution in [2.24, 2.45) is 23.7 Å². The topological polar surface area (TPSA) is 4.93 Å². The van der Waals surface area contributed by atoms with Crippen LogP contribution in [0.2, 0.25) is 5.02 Å². The number of benzene rings is 4. The van der Waals surface area contributed by atoms with Crippen molar-refractivity contribution < 1.29 is 0 Å². The third kappa shape index (κ3) is 2.87. The Kier molecular flexibility index (Phi) is 4.60. The first kappa shape index (κ1) is 22.0. The van der Waals surface area contributed by atoms with E-state index in [0.717, 1.165) is 16.9 Å². The van der Waals surface area contributed by atoms with Gasteiger partial charge in [-0.2, -0.15) is 0 Å². The monoisotopic (exact) mass is 501 g/mol. The molecule has 3 aliphatic carbocycles. The molecule has 1 aromatic heterocycles. The summed E-state index contributed by atoms with van der Waals surface area (Å²) in [6.45, 7) is 5.04. The highest BCUT2D eigenvalue weighted by Crippen LogP contribution is 2.64. The number of fused-ring (bicyclic) bond motifs is 11. The van der Waals surface area contributed by atoms with E-state index >= 15 is 0 Å². The third-order valence-electron chi connectivity index (χ3n) is 10.2. The second-order valence-electron chi connectivity index (χ2n) is 12.2. The zero-order valence-electron chi connectivity index (χ0n) is 21.5. The van der Waals surface area contributed by atoms with Crippen molar-refractivity contribution in [3.05, 3.63) is 101 Å². The lowest BCUT2D eigenvalue weighted by atomic mass is 9.49. The van der Waals surface area contributed by atoms with Crippen molar-refractivity contribution in [2.45, 2.75) is 44.9 Å². The quantitative estimate of drug-likeness (QED) is 0.215. The van der Waals surface area contributed by atoms with Crippen LogP contribution in [0, 0.1) is 23.7 Å². The van der Waals surface area contributed by atoms with Crippen LogP contribution in [0.5, 0.6) is 0 Å². The van der Waals surface area contributed by atoms with Crippen molar-refractivity contribution in [1.82, 2.24) is 4.57 Å². The number of rotatable bonds is 1. The van der Waals surface area contributed by atoms with Crippen molar-refractivity contribution >= 4 is 33.4 Å². The van der Waals surface area contributed by atoms with Gasteiger partial charge in [-0.1, -0.05) is 74.0 Å². The molecule has 5 atom stereocenters. The average Bonchev–Trinajstić information content (AvgIpc) is 3.38. The van der Waals surface area contributed by atoms with E-state index in [9.17, 15) is 0 Å². The van der Waals surface area contributed by atoms with Gasteiger partial charge in [0.2, 0.25) is 0 Å². The van der Waals surface area contributed by atoms with E-state index in [1.807, 2.05) is 6.07 Å². The van der Waals surface area contributed by atoms with Gasteiger partial charge in [0.1, 0.15) is 0 Å². The predicted molar refractivity (Wildman–Crippen MR) is 156 cm³/mol. The van der Waals surface area contributed by atoms with Gasteiger partial charge in [0, 0.05) is 26.9 Å². The van der Waals surface area contributed by atoms with Gasteiger partial charge < -0.3 is 4.57 Å². The van der Waals surface area contributed by atoms with Crippen LogP contribution in [0.4, 0.5) is 0 Å². The molecule has 5 unspecified atom stereocenters. The zero-order valence-corrected chi connectivity index (χ0v) is 22.3. The Hall–Kier alpha value is -3.03. The highest BCUT2D eigenvalue weighted by atomic mass is 35.5. The van der Waals surface area contributed by atoms with E-state index in [-0.39, 0.29) is 5.41 Å². The van der Waals surface area contributed by atoms with Gasteiger partial charge in [0.05, 0.1) is 11.0 Å². The highest BCUT2D eigenvalue weighted by Gasteiger charge is 2.56. The fourth-order valence-corrected chi connectivity index (χ4v) is 9.24. The van der Waals surface area contributed by atoms with Crippen LogP contribution in [0.3, 0.4) is 0 Å². The van der Waals surface area contributed by atoms with Gasteiger partial charge in [-0.3, -0.25) is 0 Å². The molecule has 0 N–H and O–H groups in total. The predicted octanol–water partition coefficient (Wildman–Crippen LogP) is 9.80. The van der Waals surface area contributed by atoms with Crippen LogP contribution in [-0.2, 0) is 5.41 Å². The molecule has 1 nitrogen and oxygen atoms in total. The van der Waals surface area contributed by atoms with Crippen LogP contribution in [0.25, 0.3) is 38.6 Å². The van der Waals surface area contributed by atoms with Gasteiger partial charge in [-0.15, -0.1) is 0 Å². The molecule has 0 radical (unpaired) electrons. The van der Waals surface area contributed by atoms with Gasteiger partial charge in [0.15, 0.2) is 0 Å². The van der Waals surface area contributed by atoms with Crippen LogP contribution in [0.15, 0.2) is 84.9 Å². The summed E-state index contributed by atoms with van der Waals surface area (Å²) in [5, 5.41) is 3.26. The molecule has 0 saturated heterocycles. The molecule has 5 aromatic rings. The first-order valence-corrected chi connectivity index (χ1v) is 14.4. The van der Waals surface area contributed by atoms with Crippen molar-refractivity contribution in [3.63, 3.8) is 0 Å². The summed E-state index contributed by atoms with van der Waals surface area (Å²) in [4.78, 5) is 0. The van der Waals surface area contributed by atoms with E-state index < -0.39 is 0 Å². The first-order valence-electron chi connectivity index (χ1n) is 14.0. The molecular formula is C35H32ClN. The maximum atomic E-state index is 6.47. The molecule has 1 heterocycles. The number of halogens is 1. The van der Waals surface area contributed by atoms with E-state index in [2.05, 4.69) is 97.3 Å². The number of para-hydroxylation sites is 1. The summed E-state index contributed by atoms with van der Waals surface area (Å²) in [6.07, 6.45) is 5.47. The fourth-order valence-electron chi connectivity index (χ4n) is 9.06. The molecule has 2 saturated carbocycles. The average molecular weight is 502 g/mol. The zero-order chi connectivity index (χ0) is 24.9. The maximum Gasteiger partial charge on any atom is 0.0542 e. The van der Waals surface area contributed by atoms with Crippen LogP contribution >= 0.6 is 11.6 Å². The molecule has 1 spiro atoms. The number of hydrogen-bond acceptors (Lipinski definition) is 0. The van der Waals surface area contributed by atoms with Gasteiger partial charge in [0.25, 0.3) is 0 Å².